The van der Waals surface area contributed by atoms with Crippen LogP contribution in [-0.2, 0) is 0 Å². The van der Waals surface area contributed by atoms with E-state index < -0.39 is 12.6 Å². The molecule has 0 unspecified atom stereocenters. The number of hydrogen-bond acceptors (Lipinski definition) is 4. The molecule has 1 heterocycles. The van der Waals surface area contributed by atoms with Gasteiger partial charge in [-0.3, -0.25) is 0 Å². The van der Waals surface area contributed by atoms with Crippen molar-refractivity contribution in [2.45, 2.75) is 38.8 Å². The Kier molecular flexibility index (Phi) is 6.84. The van der Waals surface area contributed by atoms with Crippen LogP contribution in [0, 0.1) is 0 Å². The average Bonchev–Trinajstić information content (AvgIpc) is 2.37. The lowest BCUT2D eigenvalue weighted by atomic mass is 10.2. The number of nitrogens with one attached hydrogen (secondary N) is 2. The van der Waals surface area contributed by atoms with Gasteiger partial charge in [-0.1, -0.05) is 18.5 Å². The zero-order valence-corrected chi connectivity index (χ0v) is 12.0. The van der Waals surface area contributed by atoms with Crippen molar-refractivity contribution in [3.05, 3.63) is 11.2 Å². The van der Waals surface area contributed by atoms with Crippen molar-refractivity contribution in [2.75, 3.05) is 23.7 Å². The van der Waals surface area contributed by atoms with E-state index in [0.717, 1.165) is 13.0 Å². The molecule has 0 aliphatic rings. The van der Waals surface area contributed by atoms with Crippen molar-refractivity contribution in [1.29, 1.82) is 0 Å². The van der Waals surface area contributed by atoms with Gasteiger partial charge in [-0.05, 0) is 19.3 Å². The highest BCUT2D eigenvalue weighted by Crippen LogP contribution is 2.23. The first-order valence-corrected chi connectivity index (χ1v) is 6.87. The summed E-state index contributed by atoms with van der Waals surface area (Å²) in [6.45, 7) is 3.15. The summed E-state index contributed by atoms with van der Waals surface area (Å²) in [5.41, 5.74) is 0. The zero-order chi connectivity index (χ0) is 15.0. The van der Waals surface area contributed by atoms with Crippen molar-refractivity contribution < 1.29 is 13.2 Å². The second kappa shape index (κ2) is 8.14. The molecule has 0 saturated heterocycles. The lowest BCUT2D eigenvalue weighted by Crippen LogP contribution is -2.10. The lowest BCUT2D eigenvalue weighted by molar-refractivity contribution is -0.135. The van der Waals surface area contributed by atoms with Crippen molar-refractivity contribution in [1.82, 2.24) is 9.97 Å². The molecule has 8 heteroatoms. The van der Waals surface area contributed by atoms with E-state index in [2.05, 4.69) is 20.6 Å². The predicted octanol–water partition coefficient (Wildman–Crippen LogP) is 4.10. The van der Waals surface area contributed by atoms with E-state index >= 15 is 0 Å². The standard InChI is InChI=1S/C12H18ClF3N4/c1-2-6-18-11-19-8-9(13)10(20-11)17-7-4-3-5-12(14,15)16/h8H,2-7H2,1H3,(H2,17,18,19,20). The van der Waals surface area contributed by atoms with Gasteiger partial charge in [-0.15, -0.1) is 0 Å². The van der Waals surface area contributed by atoms with Crippen LogP contribution in [-0.4, -0.2) is 29.2 Å². The number of rotatable bonds is 8. The average molecular weight is 311 g/mol. The maximum absolute atomic E-state index is 12.0. The molecule has 0 atom stereocenters. The van der Waals surface area contributed by atoms with Crippen LogP contribution in [0.15, 0.2) is 6.20 Å². The molecular weight excluding hydrogens is 293 g/mol. The predicted molar refractivity (Wildman–Crippen MR) is 74.2 cm³/mol. The summed E-state index contributed by atoms with van der Waals surface area (Å²) in [5, 5.41) is 6.29. The fourth-order valence-corrected chi connectivity index (χ4v) is 1.63. The largest absolute Gasteiger partial charge is 0.389 e. The van der Waals surface area contributed by atoms with Gasteiger partial charge in [0.1, 0.15) is 10.8 Å². The number of halogens is 4. The van der Waals surface area contributed by atoms with Gasteiger partial charge in [-0.2, -0.15) is 18.2 Å². The molecular formula is C12H18ClF3N4. The summed E-state index contributed by atoms with van der Waals surface area (Å²) in [5.74, 6) is 0.890. The topological polar surface area (TPSA) is 49.8 Å². The van der Waals surface area contributed by atoms with Crippen molar-refractivity contribution >= 4 is 23.4 Å². The van der Waals surface area contributed by atoms with Crippen LogP contribution in [0.2, 0.25) is 5.02 Å². The van der Waals surface area contributed by atoms with E-state index in [9.17, 15) is 13.2 Å². The number of unbranched alkanes of at least 4 members (excludes halogenated alkanes) is 1. The molecule has 0 spiro atoms. The first-order valence-electron chi connectivity index (χ1n) is 6.49. The Balaban J connectivity index is 2.38. The van der Waals surface area contributed by atoms with E-state index in [1.54, 1.807) is 0 Å². The monoisotopic (exact) mass is 310 g/mol. The molecule has 114 valence electrons. The Morgan fingerprint density at radius 3 is 2.60 bits per heavy atom. The second-order valence-corrected chi connectivity index (χ2v) is 4.72. The molecule has 2 N–H and O–H groups in total. The highest BCUT2D eigenvalue weighted by molar-refractivity contribution is 6.32. The third-order valence-electron chi connectivity index (χ3n) is 2.46. The first-order chi connectivity index (χ1) is 9.42. The summed E-state index contributed by atoms with van der Waals surface area (Å²) in [6.07, 6.45) is -1.98. The van der Waals surface area contributed by atoms with Crippen LogP contribution in [0.5, 0.6) is 0 Å². The molecule has 0 bridgehead atoms. The first kappa shape index (κ1) is 16.8. The lowest BCUT2D eigenvalue weighted by Gasteiger charge is -2.10. The normalized spacial score (nSPS) is 11.4. The third-order valence-corrected chi connectivity index (χ3v) is 2.73. The number of aromatic nitrogens is 2. The molecule has 0 aliphatic carbocycles. The van der Waals surface area contributed by atoms with Crippen LogP contribution in [0.25, 0.3) is 0 Å². The van der Waals surface area contributed by atoms with E-state index in [0.29, 0.717) is 29.8 Å². The molecule has 1 rings (SSSR count). The van der Waals surface area contributed by atoms with Crippen molar-refractivity contribution in [3.8, 4) is 0 Å². The van der Waals surface area contributed by atoms with Gasteiger partial charge < -0.3 is 10.6 Å². The van der Waals surface area contributed by atoms with Gasteiger partial charge in [0, 0.05) is 19.5 Å². The summed E-state index contributed by atoms with van der Waals surface area (Å²) in [4.78, 5) is 8.18. The SMILES string of the molecule is CCCNc1ncc(Cl)c(NCCCCC(F)(F)F)n1. The number of nitrogens with zero attached hydrogens (tertiary/aromatic N) is 2. The highest BCUT2D eigenvalue weighted by atomic mass is 35.5. The number of alkyl halides is 3. The zero-order valence-electron chi connectivity index (χ0n) is 11.2. The Morgan fingerprint density at radius 1 is 1.20 bits per heavy atom. The third kappa shape index (κ3) is 6.79. The molecule has 0 saturated carbocycles. The van der Waals surface area contributed by atoms with E-state index in [1.165, 1.54) is 6.20 Å². The Morgan fingerprint density at radius 2 is 1.95 bits per heavy atom. The van der Waals surface area contributed by atoms with E-state index in [1.807, 2.05) is 6.92 Å². The second-order valence-electron chi connectivity index (χ2n) is 4.32. The van der Waals surface area contributed by atoms with E-state index in [4.69, 9.17) is 11.6 Å². The summed E-state index contributed by atoms with van der Waals surface area (Å²) < 4.78 is 35.9. The van der Waals surface area contributed by atoms with Crippen LogP contribution >= 0.6 is 11.6 Å². The highest BCUT2D eigenvalue weighted by Gasteiger charge is 2.25. The molecule has 0 aromatic carbocycles. The van der Waals surface area contributed by atoms with Crippen LogP contribution in [0.1, 0.15) is 32.6 Å². The Bertz CT molecular complexity index is 412. The van der Waals surface area contributed by atoms with Crippen molar-refractivity contribution in [3.63, 3.8) is 0 Å². The summed E-state index contributed by atoms with van der Waals surface area (Å²) in [6, 6.07) is 0. The summed E-state index contributed by atoms with van der Waals surface area (Å²) >= 11 is 5.92. The molecule has 0 radical (unpaired) electrons. The Hall–Kier alpha value is -1.24. The Labute approximate surface area is 121 Å². The van der Waals surface area contributed by atoms with Gasteiger partial charge in [0.05, 0.1) is 6.20 Å². The number of hydrogen-bond donors (Lipinski definition) is 2. The van der Waals surface area contributed by atoms with Gasteiger partial charge in [0.15, 0.2) is 0 Å². The maximum atomic E-state index is 12.0. The molecule has 0 aliphatic heterocycles. The fraction of sp³-hybridized carbons (Fsp3) is 0.667. The van der Waals surface area contributed by atoms with Gasteiger partial charge in [0.25, 0.3) is 0 Å². The minimum absolute atomic E-state index is 0.0835. The van der Waals surface area contributed by atoms with Gasteiger partial charge in [0.2, 0.25) is 5.95 Å². The fourth-order valence-electron chi connectivity index (χ4n) is 1.47. The number of anilines is 2. The molecule has 4 nitrogen and oxygen atoms in total. The molecule has 0 fully saturated rings. The molecule has 0 amide bonds. The van der Waals surface area contributed by atoms with Crippen LogP contribution in [0.4, 0.5) is 24.9 Å². The van der Waals surface area contributed by atoms with E-state index in [-0.39, 0.29) is 6.42 Å². The molecule has 20 heavy (non-hydrogen) atoms. The smallest absolute Gasteiger partial charge is 0.369 e. The summed E-state index contributed by atoms with van der Waals surface area (Å²) in [7, 11) is 0. The molecule has 1 aromatic rings. The quantitative estimate of drug-likeness (QED) is 0.710. The van der Waals surface area contributed by atoms with Gasteiger partial charge >= 0.3 is 6.18 Å². The minimum Gasteiger partial charge on any atom is -0.369 e. The van der Waals surface area contributed by atoms with Crippen molar-refractivity contribution in [2.24, 2.45) is 0 Å². The van der Waals surface area contributed by atoms with Gasteiger partial charge in [-0.25, -0.2) is 4.98 Å². The maximum Gasteiger partial charge on any atom is 0.389 e. The van der Waals surface area contributed by atoms with Crippen LogP contribution in [0.3, 0.4) is 0 Å². The van der Waals surface area contributed by atoms with Crippen LogP contribution < -0.4 is 10.6 Å². The molecule has 1 aromatic heterocycles. The minimum atomic E-state index is -4.09.